The summed E-state index contributed by atoms with van der Waals surface area (Å²) < 4.78 is 19.0. The summed E-state index contributed by atoms with van der Waals surface area (Å²) in [5, 5.41) is 0. The normalized spacial score (nSPS) is 12.1. The van der Waals surface area contributed by atoms with Crippen molar-refractivity contribution in [2.45, 2.75) is 25.8 Å². The molecule has 106 valence electrons. The van der Waals surface area contributed by atoms with Crippen molar-refractivity contribution in [1.29, 1.82) is 0 Å². The molecule has 4 nitrogen and oxygen atoms in total. The molecule has 0 aliphatic rings. The highest BCUT2D eigenvalue weighted by Gasteiger charge is 2.08. The zero-order valence-corrected chi connectivity index (χ0v) is 11.6. The first-order valence-electron chi connectivity index (χ1n) is 6.29. The number of carbonyl (C=O) groups is 1. The smallest absolute Gasteiger partial charge is 0.222 e. The van der Waals surface area contributed by atoms with Gasteiger partial charge in [-0.15, -0.1) is 0 Å². The van der Waals surface area contributed by atoms with Crippen LogP contribution in [0, 0.1) is 5.82 Å². The predicted octanol–water partition coefficient (Wildman–Crippen LogP) is 2.09. The number of ether oxygens (including phenoxy) is 1. The summed E-state index contributed by atoms with van der Waals surface area (Å²) in [5.74, 6) is 0.151. The lowest BCUT2D eigenvalue weighted by atomic mass is 10.1. The van der Waals surface area contributed by atoms with E-state index in [1.807, 2.05) is 0 Å². The number of carbonyl (C=O) groups excluding carboxylic acids is 1. The molecule has 0 unspecified atom stereocenters. The third kappa shape index (κ3) is 4.87. The fourth-order valence-corrected chi connectivity index (χ4v) is 1.60. The van der Waals surface area contributed by atoms with Crippen molar-refractivity contribution in [1.82, 2.24) is 4.90 Å². The molecule has 5 heteroatoms. The van der Waals surface area contributed by atoms with E-state index in [-0.39, 0.29) is 17.8 Å². The van der Waals surface area contributed by atoms with E-state index in [1.165, 1.54) is 11.0 Å². The first kappa shape index (κ1) is 15.4. The number of hydrogen-bond donors (Lipinski definition) is 1. The van der Waals surface area contributed by atoms with E-state index in [2.05, 4.69) is 0 Å². The van der Waals surface area contributed by atoms with Crippen LogP contribution in [0.5, 0.6) is 5.75 Å². The number of amides is 1. The van der Waals surface area contributed by atoms with E-state index in [0.717, 1.165) is 0 Å². The molecular formula is C14H21FN2O2. The zero-order chi connectivity index (χ0) is 14.4. The highest BCUT2D eigenvalue weighted by atomic mass is 19.1. The van der Waals surface area contributed by atoms with E-state index in [1.54, 1.807) is 33.2 Å². The minimum absolute atomic E-state index is 0.0575. The first-order valence-corrected chi connectivity index (χ1v) is 6.29. The zero-order valence-electron chi connectivity index (χ0n) is 11.6. The van der Waals surface area contributed by atoms with Crippen LogP contribution >= 0.6 is 0 Å². The summed E-state index contributed by atoms with van der Waals surface area (Å²) in [5.41, 5.74) is 6.09. The second-order valence-electron chi connectivity index (χ2n) is 4.71. The molecule has 1 atom stereocenters. The Morgan fingerprint density at radius 2 is 2.16 bits per heavy atom. The van der Waals surface area contributed by atoms with E-state index in [0.29, 0.717) is 30.8 Å². The lowest BCUT2D eigenvalue weighted by Gasteiger charge is -2.12. The molecule has 0 aromatic heterocycles. The fraction of sp³-hybridized carbons (Fsp3) is 0.500. The van der Waals surface area contributed by atoms with Crippen molar-refractivity contribution in [3.8, 4) is 5.75 Å². The van der Waals surface area contributed by atoms with Crippen LogP contribution < -0.4 is 10.5 Å². The van der Waals surface area contributed by atoms with Gasteiger partial charge < -0.3 is 15.4 Å². The summed E-state index contributed by atoms with van der Waals surface area (Å²) in [6.07, 6.45) is 1.03. The maximum absolute atomic E-state index is 13.6. The second-order valence-corrected chi connectivity index (χ2v) is 4.71. The molecule has 0 saturated carbocycles. The Morgan fingerprint density at radius 3 is 2.68 bits per heavy atom. The SMILES string of the molecule is C[C@@H](N)c1ccc(OCCCC(=O)N(C)C)cc1F. The summed E-state index contributed by atoms with van der Waals surface area (Å²) in [4.78, 5) is 12.9. The highest BCUT2D eigenvalue weighted by molar-refractivity contribution is 5.75. The van der Waals surface area contributed by atoms with Crippen molar-refractivity contribution in [3.63, 3.8) is 0 Å². The van der Waals surface area contributed by atoms with E-state index in [4.69, 9.17) is 10.5 Å². The number of nitrogens with two attached hydrogens (primary N) is 1. The van der Waals surface area contributed by atoms with Crippen molar-refractivity contribution >= 4 is 5.91 Å². The Kier molecular flexibility index (Phi) is 5.76. The monoisotopic (exact) mass is 268 g/mol. The van der Waals surface area contributed by atoms with Gasteiger partial charge in [-0.3, -0.25) is 4.79 Å². The van der Waals surface area contributed by atoms with Gasteiger partial charge in [-0.1, -0.05) is 6.07 Å². The first-order chi connectivity index (χ1) is 8.91. The van der Waals surface area contributed by atoms with Crippen LogP contribution in [0.25, 0.3) is 0 Å². The summed E-state index contributed by atoms with van der Waals surface area (Å²) in [7, 11) is 3.43. The topological polar surface area (TPSA) is 55.6 Å². The molecule has 2 N–H and O–H groups in total. The van der Waals surface area contributed by atoms with Gasteiger partial charge in [0.05, 0.1) is 6.61 Å². The van der Waals surface area contributed by atoms with Gasteiger partial charge in [0.2, 0.25) is 5.91 Å². The van der Waals surface area contributed by atoms with Crippen LogP contribution in [0.3, 0.4) is 0 Å². The molecule has 1 aromatic rings. The van der Waals surface area contributed by atoms with Gasteiger partial charge in [-0.05, 0) is 19.4 Å². The Bertz CT molecular complexity index is 433. The van der Waals surface area contributed by atoms with E-state index < -0.39 is 0 Å². The maximum atomic E-state index is 13.6. The molecule has 19 heavy (non-hydrogen) atoms. The Balaban J connectivity index is 2.42. The van der Waals surface area contributed by atoms with Crippen LogP contribution in [-0.4, -0.2) is 31.5 Å². The molecular weight excluding hydrogens is 247 g/mol. The van der Waals surface area contributed by atoms with E-state index in [9.17, 15) is 9.18 Å². The third-order valence-electron chi connectivity index (χ3n) is 2.76. The van der Waals surface area contributed by atoms with Crippen LogP contribution in [0.2, 0.25) is 0 Å². The molecule has 0 bridgehead atoms. The summed E-state index contributed by atoms with van der Waals surface area (Å²) in [6.45, 7) is 2.11. The van der Waals surface area contributed by atoms with Gasteiger partial charge in [0.15, 0.2) is 0 Å². The number of rotatable bonds is 6. The van der Waals surface area contributed by atoms with Gasteiger partial charge >= 0.3 is 0 Å². The third-order valence-corrected chi connectivity index (χ3v) is 2.76. The number of hydrogen-bond acceptors (Lipinski definition) is 3. The van der Waals surface area contributed by atoms with Crippen molar-refractivity contribution in [3.05, 3.63) is 29.6 Å². The van der Waals surface area contributed by atoms with Gasteiger partial charge in [0, 0.05) is 38.2 Å². The average Bonchev–Trinajstić information content (AvgIpc) is 2.33. The number of halogens is 1. The Labute approximate surface area is 113 Å². The molecule has 0 saturated heterocycles. The van der Waals surface area contributed by atoms with Gasteiger partial charge in [0.1, 0.15) is 11.6 Å². The lowest BCUT2D eigenvalue weighted by molar-refractivity contribution is -0.128. The quantitative estimate of drug-likeness (QED) is 0.804. The average molecular weight is 268 g/mol. The Morgan fingerprint density at radius 1 is 1.47 bits per heavy atom. The largest absolute Gasteiger partial charge is 0.493 e. The molecule has 1 rings (SSSR count). The van der Waals surface area contributed by atoms with Crippen LogP contribution in [0.15, 0.2) is 18.2 Å². The van der Waals surface area contributed by atoms with Crippen molar-refractivity contribution in [2.75, 3.05) is 20.7 Å². The minimum Gasteiger partial charge on any atom is -0.493 e. The molecule has 1 amide bonds. The molecule has 0 aliphatic carbocycles. The summed E-state index contributed by atoms with van der Waals surface area (Å²) >= 11 is 0. The van der Waals surface area contributed by atoms with Crippen molar-refractivity contribution in [2.24, 2.45) is 5.73 Å². The van der Waals surface area contributed by atoms with Gasteiger partial charge in [0.25, 0.3) is 0 Å². The van der Waals surface area contributed by atoms with Crippen LogP contribution in [0.1, 0.15) is 31.4 Å². The summed E-state index contributed by atoms with van der Waals surface area (Å²) in [6, 6.07) is 4.30. The van der Waals surface area contributed by atoms with Crippen LogP contribution in [-0.2, 0) is 4.79 Å². The van der Waals surface area contributed by atoms with Gasteiger partial charge in [-0.2, -0.15) is 0 Å². The van der Waals surface area contributed by atoms with Crippen molar-refractivity contribution < 1.29 is 13.9 Å². The fourth-order valence-electron chi connectivity index (χ4n) is 1.60. The molecule has 1 aromatic carbocycles. The minimum atomic E-state index is -0.364. The maximum Gasteiger partial charge on any atom is 0.222 e. The molecule has 0 fully saturated rings. The Hall–Kier alpha value is -1.62. The molecule has 0 spiro atoms. The predicted molar refractivity (Wildman–Crippen MR) is 72.4 cm³/mol. The highest BCUT2D eigenvalue weighted by Crippen LogP contribution is 2.20. The standard InChI is InChI=1S/C14H21FN2O2/c1-10(16)12-7-6-11(9-13(12)15)19-8-4-5-14(18)17(2)3/h6-7,9-10H,4-5,8,16H2,1-3H3/t10-/m1/s1. The number of nitrogens with zero attached hydrogens (tertiary/aromatic N) is 1. The van der Waals surface area contributed by atoms with Crippen LogP contribution in [0.4, 0.5) is 4.39 Å². The van der Waals surface area contributed by atoms with E-state index >= 15 is 0 Å². The second kappa shape index (κ2) is 7.09. The lowest BCUT2D eigenvalue weighted by Crippen LogP contribution is -2.21. The molecule has 0 radical (unpaired) electrons. The molecule has 0 heterocycles. The van der Waals surface area contributed by atoms with Gasteiger partial charge in [-0.25, -0.2) is 4.39 Å². The number of benzene rings is 1. The molecule has 0 aliphatic heterocycles.